The summed E-state index contributed by atoms with van der Waals surface area (Å²) in [7, 11) is 1.58. The van der Waals surface area contributed by atoms with Crippen molar-refractivity contribution in [1.29, 1.82) is 0 Å². The monoisotopic (exact) mass is 433 g/mol. The number of rotatable bonds is 7. The van der Waals surface area contributed by atoms with Gasteiger partial charge in [0.05, 0.1) is 16.9 Å². The molecule has 0 spiro atoms. The maximum Gasteiger partial charge on any atom is 0.416 e. The molecule has 0 fully saturated rings. The number of guanidine groups is 1. The van der Waals surface area contributed by atoms with Gasteiger partial charge in [-0.3, -0.25) is 9.67 Å². The maximum absolute atomic E-state index is 13.7. The quantitative estimate of drug-likeness (QED) is 0.340. The number of aliphatic imine (C=N–C) groups is 1. The van der Waals surface area contributed by atoms with Crippen molar-refractivity contribution in [1.82, 2.24) is 30.2 Å². The highest BCUT2D eigenvalue weighted by Gasteiger charge is 2.33. The van der Waals surface area contributed by atoms with E-state index in [0.717, 1.165) is 30.4 Å². The van der Waals surface area contributed by atoms with Gasteiger partial charge in [0, 0.05) is 44.8 Å². The summed E-state index contributed by atoms with van der Waals surface area (Å²) in [5.74, 6) is 0.441. The molecule has 166 valence electrons. The van der Waals surface area contributed by atoms with Gasteiger partial charge in [-0.05, 0) is 50.1 Å². The fourth-order valence-electron chi connectivity index (χ4n) is 3.28. The maximum atomic E-state index is 13.7. The van der Waals surface area contributed by atoms with Crippen molar-refractivity contribution in [3.05, 3.63) is 65.2 Å². The molecule has 2 heterocycles. The summed E-state index contributed by atoms with van der Waals surface area (Å²) >= 11 is 0. The second-order valence-electron chi connectivity index (χ2n) is 7.15. The van der Waals surface area contributed by atoms with Crippen molar-refractivity contribution in [2.45, 2.75) is 39.5 Å². The van der Waals surface area contributed by atoms with Crippen molar-refractivity contribution in [3.8, 4) is 5.69 Å². The zero-order valence-electron chi connectivity index (χ0n) is 17.7. The molecule has 0 aliphatic rings. The summed E-state index contributed by atoms with van der Waals surface area (Å²) in [6.45, 7) is 4.96. The highest BCUT2D eigenvalue weighted by atomic mass is 19.4. The Balaban J connectivity index is 1.66. The number of nitrogens with one attached hydrogen (secondary N) is 2. The number of aromatic nitrogens is 4. The summed E-state index contributed by atoms with van der Waals surface area (Å²) in [5, 5.41) is 14.5. The first-order valence-corrected chi connectivity index (χ1v) is 9.93. The van der Waals surface area contributed by atoms with E-state index < -0.39 is 11.7 Å². The molecular formula is C21H26F3N7. The van der Waals surface area contributed by atoms with Gasteiger partial charge in [0.2, 0.25) is 0 Å². The predicted octanol–water partition coefficient (Wildman–Crippen LogP) is 3.46. The molecule has 0 saturated heterocycles. The van der Waals surface area contributed by atoms with E-state index in [0.29, 0.717) is 18.2 Å². The lowest BCUT2D eigenvalue weighted by atomic mass is 10.1. The van der Waals surface area contributed by atoms with E-state index in [1.807, 2.05) is 29.9 Å². The molecule has 0 aliphatic carbocycles. The van der Waals surface area contributed by atoms with Gasteiger partial charge < -0.3 is 10.6 Å². The van der Waals surface area contributed by atoms with Gasteiger partial charge in [-0.1, -0.05) is 6.07 Å². The number of alkyl halides is 3. The van der Waals surface area contributed by atoms with Crippen LogP contribution in [0.25, 0.3) is 5.69 Å². The fourth-order valence-corrected chi connectivity index (χ4v) is 3.28. The third-order valence-corrected chi connectivity index (χ3v) is 4.74. The Bertz CT molecular complexity index is 1020. The Morgan fingerprint density at radius 3 is 2.58 bits per heavy atom. The van der Waals surface area contributed by atoms with E-state index in [1.165, 1.54) is 10.7 Å². The van der Waals surface area contributed by atoms with Crippen LogP contribution in [-0.2, 0) is 19.3 Å². The van der Waals surface area contributed by atoms with E-state index >= 15 is 0 Å². The van der Waals surface area contributed by atoms with Gasteiger partial charge >= 0.3 is 6.18 Å². The number of nitrogens with zero attached hydrogens (tertiary/aromatic N) is 5. The van der Waals surface area contributed by atoms with Crippen LogP contribution in [0, 0.1) is 13.8 Å². The zero-order valence-corrected chi connectivity index (χ0v) is 17.7. The Hall–Kier alpha value is -3.30. The van der Waals surface area contributed by atoms with E-state index in [2.05, 4.69) is 25.8 Å². The van der Waals surface area contributed by atoms with E-state index in [9.17, 15) is 13.2 Å². The van der Waals surface area contributed by atoms with Crippen LogP contribution in [0.15, 0.2) is 47.7 Å². The third-order valence-electron chi connectivity index (χ3n) is 4.74. The van der Waals surface area contributed by atoms with Crippen molar-refractivity contribution in [3.63, 3.8) is 0 Å². The van der Waals surface area contributed by atoms with Gasteiger partial charge in [0.1, 0.15) is 0 Å². The first-order valence-electron chi connectivity index (χ1n) is 9.93. The molecule has 0 amide bonds. The summed E-state index contributed by atoms with van der Waals surface area (Å²) in [6, 6.07) is 7.94. The van der Waals surface area contributed by atoms with Gasteiger partial charge in [-0.25, -0.2) is 4.68 Å². The molecule has 3 rings (SSSR count). The minimum atomic E-state index is -4.48. The minimum Gasteiger partial charge on any atom is -0.356 e. The predicted molar refractivity (Wildman–Crippen MR) is 113 cm³/mol. The van der Waals surface area contributed by atoms with Crippen molar-refractivity contribution >= 4 is 5.96 Å². The smallest absolute Gasteiger partial charge is 0.356 e. The lowest BCUT2D eigenvalue weighted by molar-refractivity contribution is -0.138. The number of benzene rings is 1. The first-order chi connectivity index (χ1) is 14.8. The summed E-state index contributed by atoms with van der Waals surface area (Å²) in [5.41, 5.74) is 1.34. The minimum absolute atomic E-state index is 0.00886. The molecule has 0 radical (unpaired) electrons. The van der Waals surface area contributed by atoms with Gasteiger partial charge in [-0.15, -0.1) is 0 Å². The third kappa shape index (κ3) is 5.87. The molecule has 1 aromatic carbocycles. The van der Waals surface area contributed by atoms with Crippen LogP contribution >= 0.6 is 0 Å². The molecule has 2 N–H and O–H groups in total. The van der Waals surface area contributed by atoms with Crippen LogP contribution in [0.3, 0.4) is 0 Å². The second kappa shape index (κ2) is 9.67. The van der Waals surface area contributed by atoms with Crippen LogP contribution in [0.2, 0.25) is 0 Å². The van der Waals surface area contributed by atoms with E-state index in [1.54, 1.807) is 26.2 Å². The van der Waals surface area contributed by atoms with Gasteiger partial charge in [-0.2, -0.15) is 23.4 Å². The molecule has 31 heavy (non-hydrogen) atoms. The standard InChI is InChI=1S/C21H26F3N7/c1-15-12-16(2)31(29-15)18-7-6-17(19(13-18)21(22,23)24)14-27-20(25-3)26-8-4-10-30-11-5-9-28-30/h5-7,9,11-13H,4,8,10,14H2,1-3H3,(H2,25,26,27). The van der Waals surface area contributed by atoms with Crippen molar-refractivity contribution in [2.24, 2.45) is 4.99 Å². The molecular weight excluding hydrogens is 407 g/mol. The molecule has 3 aromatic rings. The molecule has 7 nitrogen and oxygen atoms in total. The molecule has 2 aromatic heterocycles. The lowest BCUT2D eigenvalue weighted by Gasteiger charge is -2.17. The Labute approximate surface area is 179 Å². The molecule has 0 unspecified atom stereocenters. The van der Waals surface area contributed by atoms with E-state index in [-0.39, 0.29) is 12.1 Å². The van der Waals surface area contributed by atoms with Crippen LogP contribution in [0.1, 0.15) is 28.9 Å². The summed E-state index contributed by atoms with van der Waals surface area (Å²) < 4.78 is 44.5. The largest absolute Gasteiger partial charge is 0.416 e. The first kappa shape index (κ1) is 22.4. The molecule has 0 bridgehead atoms. The van der Waals surface area contributed by atoms with Crippen LogP contribution in [-0.4, -0.2) is 39.1 Å². The number of aryl methyl sites for hydroxylation is 3. The molecule has 0 saturated carbocycles. The lowest BCUT2D eigenvalue weighted by Crippen LogP contribution is -2.38. The normalized spacial score (nSPS) is 12.3. The average molecular weight is 433 g/mol. The zero-order chi connectivity index (χ0) is 22.4. The number of halogens is 3. The molecule has 0 aliphatic heterocycles. The summed E-state index contributed by atoms with van der Waals surface area (Å²) in [4.78, 5) is 4.09. The van der Waals surface area contributed by atoms with Gasteiger partial charge in [0.15, 0.2) is 5.96 Å². The average Bonchev–Trinajstić information content (AvgIpc) is 3.35. The topological polar surface area (TPSA) is 72.1 Å². The fraction of sp³-hybridized carbons (Fsp3) is 0.381. The Kier molecular flexibility index (Phi) is 6.98. The van der Waals surface area contributed by atoms with Crippen molar-refractivity contribution < 1.29 is 13.2 Å². The second-order valence-corrected chi connectivity index (χ2v) is 7.15. The van der Waals surface area contributed by atoms with Gasteiger partial charge in [0.25, 0.3) is 0 Å². The highest BCUT2D eigenvalue weighted by molar-refractivity contribution is 5.79. The van der Waals surface area contributed by atoms with Crippen LogP contribution < -0.4 is 10.6 Å². The number of hydrogen-bond donors (Lipinski definition) is 2. The Morgan fingerprint density at radius 2 is 1.97 bits per heavy atom. The SMILES string of the molecule is CN=C(NCCCn1cccn1)NCc1ccc(-n2nc(C)cc2C)cc1C(F)(F)F. The van der Waals surface area contributed by atoms with Crippen LogP contribution in [0.4, 0.5) is 13.2 Å². The molecule has 0 atom stereocenters. The van der Waals surface area contributed by atoms with Crippen molar-refractivity contribution in [2.75, 3.05) is 13.6 Å². The van der Waals surface area contributed by atoms with E-state index in [4.69, 9.17) is 0 Å². The molecule has 10 heteroatoms. The highest BCUT2D eigenvalue weighted by Crippen LogP contribution is 2.33. The summed E-state index contributed by atoms with van der Waals surface area (Å²) in [6.07, 6.45) is -0.0922. The van der Waals surface area contributed by atoms with Crippen LogP contribution in [0.5, 0.6) is 0 Å². The number of hydrogen-bond acceptors (Lipinski definition) is 3. The Morgan fingerprint density at radius 1 is 1.16 bits per heavy atom.